The lowest BCUT2D eigenvalue weighted by Gasteiger charge is -2.04. The molecule has 0 aliphatic rings. The maximum absolute atomic E-state index is 13.1. The fourth-order valence-electron chi connectivity index (χ4n) is 1.03. The molecule has 1 N–H and O–H groups in total. The van der Waals surface area contributed by atoms with Gasteiger partial charge in [0.15, 0.2) is 0 Å². The molecular formula is C9H9FN2O2S. The zero-order valence-corrected chi connectivity index (χ0v) is 8.81. The molecule has 0 spiro atoms. The summed E-state index contributed by atoms with van der Waals surface area (Å²) in [4.78, 5) is -0.180. The Balaban J connectivity index is 3.20. The molecule has 15 heavy (non-hydrogen) atoms. The van der Waals surface area contributed by atoms with Gasteiger partial charge in [-0.15, -0.1) is 0 Å². The van der Waals surface area contributed by atoms with Gasteiger partial charge in [-0.25, -0.2) is 17.5 Å². The molecule has 0 amide bonds. The van der Waals surface area contributed by atoms with Gasteiger partial charge in [-0.1, -0.05) is 6.92 Å². The predicted molar refractivity (Wildman–Crippen MR) is 52.0 cm³/mol. The number of halogens is 1. The van der Waals surface area contributed by atoms with Crippen molar-refractivity contribution in [3.05, 3.63) is 29.6 Å². The van der Waals surface area contributed by atoms with Crippen LogP contribution in [0.5, 0.6) is 0 Å². The smallest absolute Gasteiger partial charge is 0.211 e. The maximum atomic E-state index is 13.1. The maximum Gasteiger partial charge on any atom is 0.240 e. The minimum absolute atomic E-state index is 0.176. The molecule has 6 heteroatoms. The first kappa shape index (κ1) is 11.6. The van der Waals surface area contributed by atoms with Gasteiger partial charge in [0, 0.05) is 6.54 Å². The van der Waals surface area contributed by atoms with Crippen molar-refractivity contribution in [3.63, 3.8) is 0 Å². The molecule has 0 atom stereocenters. The second-order valence-corrected chi connectivity index (χ2v) is 4.52. The minimum atomic E-state index is -3.66. The number of hydrogen-bond donors (Lipinski definition) is 1. The van der Waals surface area contributed by atoms with E-state index in [1.54, 1.807) is 13.0 Å². The van der Waals surface area contributed by atoms with Crippen LogP contribution in [0.1, 0.15) is 12.5 Å². The summed E-state index contributed by atoms with van der Waals surface area (Å²) in [6.07, 6.45) is 0. The standard InChI is InChI=1S/C9H9FN2O2S/c1-2-12-15(13,14)8-4-3-7(6-11)9(10)5-8/h3-5,12H,2H2,1H3. The van der Waals surface area contributed by atoms with E-state index in [-0.39, 0.29) is 17.0 Å². The van der Waals surface area contributed by atoms with E-state index in [0.29, 0.717) is 0 Å². The Hall–Kier alpha value is -1.45. The van der Waals surface area contributed by atoms with Gasteiger partial charge in [-0.3, -0.25) is 0 Å². The summed E-state index contributed by atoms with van der Waals surface area (Å²) < 4.78 is 38.2. The van der Waals surface area contributed by atoms with E-state index < -0.39 is 15.8 Å². The summed E-state index contributed by atoms with van der Waals surface area (Å²) in [5, 5.41) is 8.46. The highest BCUT2D eigenvalue weighted by molar-refractivity contribution is 7.89. The molecule has 4 nitrogen and oxygen atoms in total. The Morgan fingerprint density at radius 1 is 1.53 bits per heavy atom. The van der Waals surface area contributed by atoms with Crippen LogP contribution in [-0.2, 0) is 10.0 Å². The normalized spacial score (nSPS) is 11.0. The highest BCUT2D eigenvalue weighted by Gasteiger charge is 2.14. The Bertz CT molecular complexity index is 505. The van der Waals surface area contributed by atoms with E-state index in [4.69, 9.17) is 5.26 Å². The summed E-state index contributed by atoms with van der Waals surface area (Å²) in [5.41, 5.74) is -0.176. The predicted octanol–water partition coefficient (Wildman–Crippen LogP) is 0.996. The third-order valence-corrected chi connectivity index (χ3v) is 3.25. The fourth-order valence-corrected chi connectivity index (χ4v) is 2.08. The summed E-state index contributed by atoms with van der Waals surface area (Å²) in [7, 11) is -3.66. The molecule has 1 rings (SSSR count). The lowest BCUT2D eigenvalue weighted by molar-refractivity contribution is 0.579. The first-order chi connectivity index (χ1) is 7.01. The number of nitrogens with one attached hydrogen (secondary N) is 1. The number of rotatable bonds is 3. The van der Waals surface area contributed by atoms with E-state index in [1.165, 1.54) is 6.07 Å². The van der Waals surface area contributed by atoms with Crippen LogP contribution in [0.15, 0.2) is 23.1 Å². The summed E-state index contributed by atoms with van der Waals surface area (Å²) >= 11 is 0. The fraction of sp³-hybridized carbons (Fsp3) is 0.222. The van der Waals surface area contributed by atoms with Crippen LogP contribution in [0, 0.1) is 17.1 Å². The molecule has 0 fully saturated rings. The van der Waals surface area contributed by atoms with Crippen molar-refractivity contribution < 1.29 is 12.8 Å². The van der Waals surface area contributed by atoms with Gasteiger partial charge in [-0.05, 0) is 18.2 Å². The van der Waals surface area contributed by atoms with Crippen LogP contribution >= 0.6 is 0 Å². The van der Waals surface area contributed by atoms with E-state index >= 15 is 0 Å². The van der Waals surface area contributed by atoms with Gasteiger partial charge in [0.25, 0.3) is 0 Å². The SMILES string of the molecule is CCNS(=O)(=O)c1ccc(C#N)c(F)c1. The Labute approximate surface area is 87.4 Å². The first-order valence-corrected chi connectivity index (χ1v) is 5.69. The second-order valence-electron chi connectivity index (χ2n) is 2.75. The number of sulfonamides is 1. The van der Waals surface area contributed by atoms with Gasteiger partial charge in [0.2, 0.25) is 10.0 Å². The average Bonchev–Trinajstić information content (AvgIpc) is 2.17. The quantitative estimate of drug-likeness (QED) is 0.838. The lowest BCUT2D eigenvalue weighted by atomic mass is 10.2. The number of benzene rings is 1. The summed E-state index contributed by atoms with van der Waals surface area (Å²) in [6, 6.07) is 4.78. The molecule has 0 unspecified atom stereocenters. The van der Waals surface area contributed by atoms with Gasteiger partial charge in [0.1, 0.15) is 11.9 Å². The van der Waals surface area contributed by atoms with E-state index in [1.807, 2.05) is 0 Å². The highest BCUT2D eigenvalue weighted by Crippen LogP contribution is 2.13. The molecule has 0 aliphatic carbocycles. The van der Waals surface area contributed by atoms with Crippen LogP contribution in [0.25, 0.3) is 0 Å². The first-order valence-electron chi connectivity index (χ1n) is 4.20. The van der Waals surface area contributed by atoms with Crippen LogP contribution < -0.4 is 4.72 Å². The highest BCUT2D eigenvalue weighted by atomic mass is 32.2. The molecule has 80 valence electrons. The van der Waals surface area contributed by atoms with Crippen LogP contribution in [0.4, 0.5) is 4.39 Å². The number of nitriles is 1. The Morgan fingerprint density at radius 3 is 2.67 bits per heavy atom. The van der Waals surface area contributed by atoms with Crippen LogP contribution in [0.3, 0.4) is 0 Å². The van der Waals surface area contributed by atoms with Crippen molar-refractivity contribution >= 4 is 10.0 Å². The van der Waals surface area contributed by atoms with Crippen molar-refractivity contribution in [2.45, 2.75) is 11.8 Å². The van der Waals surface area contributed by atoms with Gasteiger partial charge in [0.05, 0.1) is 10.5 Å². The Kier molecular flexibility index (Phi) is 3.39. The molecule has 0 aliphatic heterocycles. The monoisotopic (exact) mass is 228 g/mol. The van der Waals surface area contributed by atoms with E-state index in [9.17, 15) is 12.8 Å². The van der Waals surface area contributed by atoms with Crippen molar-refractivity contribution in [1.82, 2.24) is 4.72 Å². The molecule has 0 aromatic heterocycles. The van der Waals surface area contributed by atoms with Gasteiger partial charge < -0.3 is 0 Å². The molecule has 1 aromatic rings. The molecule has 0 radical (unpaired) electrons. The average molecular weight is 228 g/mol. The van der Waals surface area contributed by atoms with Crippen LogP contribution in [-0.4, -0.2) is 15.0 Å². The van der Waals surface area contributed by atoms with Crippen molar-refractivity contribution in [3.8, 4) is 6.07 Å². The topological polar surface area (TPSA) is 70.0 Å². The lowest BCUT2D eigenvalue weighted by Crippen LogP contribution is -2.23. The second kappa shape index (κ2) is 4.38. The third-order valence-electron chi connectivity index (χ3n) is 1.71. The zero-order chi connectivity index (χ0) is 11.5. The van der Waals surface area contributed by atoms with Crippen molar-refractivity contribution in [1.29, 1.82) is 5.26 Å². The summed E-state index contributed by atoms with van der Waals surface area (Å²) in [5.74, 6) is -0.837. The van der Waals surface area contributed by atoms with E-state index in [2.05, 4.69) is 4.72 Å². The molecule has 0 heterocycles. The zero-order valence-electron chi connectivity index (χ0n) is 7.99. The molecule has 0 saturated heterocycles. The van der Waals surface area contributed by atoms with Crippen molar-refractivity contribution in [2.75, 3.05) is 6.54 Å². The molecule has 0 bridgehead atoms. The molecule has 0 saturated carbocycles. The molecular weight excluding hydrogens is 219 g/mol. The third kappa shape index (κ3) is 2.52. The summed E-state index contributed by atoms with van der Waals surface area (Å²) in [6.45, 7) is 1.85. The largest absolute Gasteiger partial charge is 0.240 e. The minimum Gasteiger partial charge on any atom is -0.211 e. The van der Waals surface area contributed by atoms with E-state index in [0.717, 1.165) is 12.1 Å². The number of nitrogens with zero attached hydrogens (tertiary/aromatic N) is 1. The van der Waals surface area contributed by atoms with Gasteiger partial charge >= 0.3 is 0 Å². The van der Waals surface area contributed by atoms with Crippen LogP contribution in [0.2, 0.25) is 0 Å². The number of hydrogen-bond acceptors (Lipinski definition) is 3. The van der Waals surface area contributed by atoms with Crippen molar-refractivity contribution in [2.24, 2.45) is 0 Å². The van der Waals surface area contributed by atoms with Gasteiger partial charge in [-0.2, -0.15) is 5.26 Å². The molecule has 1 aromatic carbocycles. The Morgan fingerprint density at radius 2 is 2.20 bits per heavy atom.